The van der Waals surface area contributed by atoms with Gasteiger partial charge in [0.1, 0.15) is 5.82 Å². The molecule has 1 rings (SSSR count). The summed E-state index contributed by atoms with van der Waals surface area (Å²) in [4.78, 5) is 14.1. The summed E-state index contributed by atoms with van der Waals surface area (Å²) in [6.45, 7) is 7.78. The highest BCUT2D eigenvalue weighted by Crippen LogP contribution is 2.12. The molecule has 0 radical (unpaired) electrons. The van der Waals surface area contributed by atoms with E-state index in [1.165, 1.54) is 12.1 Å². The number of rotatable bonds is 7. The first-order valence-corrected chi connectivity index (χ1v) is 6.64. The normalized spacial score (nSPS) is 10.7. The van der Waals surface area contributed by atoms with Crippen LogP contribution in [0.2, 0.25) is 0 Å². The highest BCUT2D eigenvalue weighted by molar-refractivity contribution is 5.99. The van der Waals surface area contributed by atoms with E-state index < -0.39 is 5.82 Å². The fourth-order valence-corrected chi connectivity index (χ4v) is 1.88. The second kappa shape index (κ2) is 7.74. The summed E-state index contributed by atoms with van der Waals surface area (Å²) < 4.78 is 12.9. The number of nitrogens with zero attached hydrogens (tertiary/aromatic N) is 1. The number of hydrogen-bond donors (Lipinski definition) is 2. The van der Waals surface area contributed by atoms with Gasteiger partial charge in [-0.05, 0) is 44.3 Å². The van der Waals surface area contributed by atoms with E-state index in [4.69, 9.17) is 5.73 Å². The molecule has 3 N–H and O–H groups in total. The fourth-order valence-electron chi connectivity index (χ4n) is 1.88. The fraction of sp³-hybridized carbons (Fsp3) is 0.500. The lowest BCUT2D eigenvalue weighted by Crippen LogP contribution is -2.30. The Labute approximate surface area is 113 Å². The van der Waals surface area contributed by atoms with Crippen molar-refractivity contribution >= 4 is 11.6 Å². The summed E-state index contributed by atoms with van der Waals surface area (Å²) in [5.74, 6) is -0.687. The first kappa shape index (κ1) is 15.4. The van der Waals surface area contributed by atoms with Crippen molar-refractivity contribution in [3.63, 3.8) is 0 Å². The lowest BCUT2D eigenvalue weighted by molar-refractivity contribution is 0.0952. The molecular formula is C14H22FN3O. The molecule has 0 saturated carbocycles. The molecule has 0 aliphatic heterocycles. The molecule has 0 aromatic heterocycles. The number of nitrogen functional groups attached to an aromatic ring is 1. The third-order valence-electron chi connectivity index (χ3n) is 3.09. The molecule has 0 fully saturated rings. The molecule has 106 valence electrons. The number of nitrogens with one attached hydrogen (secondary N) is 1. The van der Waals surface area contributed by atoms with Gasteiger partial charge in [-0.25, -0.2) is 4.39 Å². The highest BCUT2D eigenvalue weighted by atomic mass is 19.1. The minimum Gasteiger partial charge on any atom is -0.398 e. The zero-order valence-electron chi connectivity index (χ0n) is 11.6. The molecule has 0 spiro atoms. The zero-order valence-corrected chi connectivity index (χ0v) is 11.6. The van der Waals surface area contributed by atoms with Crippen LogP contribution in [0.5, 0.6) is 0 Å². The van der Waals surface area contributed by atoms with Crippen molar-refractivity contribution in [1.82, 2.24) is 10.2 Å². The van der Waals surface area contributed by atoms with Crippen LogP contribution >= 0.6 is 0 Å². The summed E-state index contributed by atoms with van der Waals surface area (Å²) in [5.41, 5.74) is 6.10. The Morgan fingerprint density at radius 1 is 1.37 bits per heavy atom. The van der Waals surface area contributed by atoms with Crippen molar-refractivity contribution in [3.8, 4) is 0 Å². The number of nitrogens with two attached hydrogens (primary N) is 1. The molecule has 0 unspecified atom stereocenters. The Morgan fingerprint density at radius 3 is 2.63 bits per heavy atom. The SMILES string of the molecule is CCN(CC)CCCNC(=O)c1ccc(F)cc1N. The maximum atomic E-state index is 12.9. The Bertz CT molecular complexity index is 419. The Hall–Kier alpha value is -1.62. The van der Waals surface area contributed by atoms with Crippen molar-refractivity contribution in [2.75, 3.05) is 31.9 Å². The van der Waals surface area contributed by atoms with E-state index in [9.17, 15) is 9.18 Å². The number of anilines is 1. The van der Waals surface area contributed by atoms with Crippen LogP contribution < -0.4 is 11.1 Å². The molecule has 1 aromatic carbocycles. The molecule has 0 bridgehead atoms. The lowest BCUT2D eigenvalue weighted by atomic mass is 10.1. The van der Waals surface area contributed by atoms with Crippen LogP contribution in [-0.2, 0) is 0 Å². The van der Waals surface area contributed by atoms with E-state index in [-0.39, 0.29) is 11.6 Å². The minimum atomic E-state index is -0.435. The number of benzene rings is 1. The summed E-state index contributed by atoms with van der Waals surface area (Å²) >= 11 is 0. The van der Waals surface area contributed by atoms with Crippen molar-refractivity contribution in [1.29, 1.82) is 0 Å². The molecule has 1 amide bonds. The largest absolute Gasteiger partial charge is 0.398 e. The van der Waals surface area contributed by atoms with Crippen molar-refractivity contribution in [2.45, 2.75) is 20.3 Å². The van der Waals surface area contributed by atoms with Gasteiger partial charge < -0.3 is 16.0 Å². The molecule has 4 nitrogen and oxygen atoms in total. The predicted molar refractivity (Wildman–Crippen MR) is 75.6 cm³/mol. The maximum absolute atomic E-state index is 12.9. The number of amides is 1. The Morgan fingerprint density at radius 2 is 2.05 bits per heavy atom. The van der Waals surface area contributed by atoms with Gasteiger partial charge in [0.2, 0.25) is 0 Å². The van der Waals surface area contributed by atoms with Gasteiger partial charge in [0.25, 0.3) is 5.91 Å². The van der Waals surface area contributed by atoms with Crippen LogP contribution in [0.4, 0.5) is 10.1 Å². The number of halogens is 1. The maximum Gasteiger partial charge on any atom is 0.253 e. The summed E-state index contributed by atoms with van der Waals surface area (Å²) in [6.07, 6.45) is 0.883. The molecule has 19 heavy (non-hydrogen) atoms. The average molecular weight is 267 g/mol. The number of carbonyl (C=O) groups excluding carboxylic acids is 1. The van der Waals surface area contributed by atoms with Crippen molar-refractivity contribution < 1.29 is 9.18 Å². The number of carbonyl (C=O) groups is 1. The molecule has 5 heteroatoms. The van der Waals surface area contributed by atoms with Gasteiger partial charge in [0.15, 0.2) is 0 Å². The van der Waals surface area contributed by atoms with Crippen molar-refractivity contribution in [2.24, 2.45) is 0 Å². The molecule has 0 heterocycles. The van der Waals surface area contributed by atoms with Crippen LogP contribution in [0.25, 0.3) is 0 Å². The smallest absolute Gasteiger partial charge is 0.253 e. The molecule has 0 saturated heterocycles. The molecule has 0 atom stereocenters. The predicted octanol–water partition coefficient (Wildman–Crippen LogP) is 1.87. The first-order chi connectivity index (χ1) is 9.08. The first-order valence-electron chi connectivity index (χ1n) is 6.64. The second-order valence-corrected chi connectivity index (χ2v) is 4.37. The van der Waals surface area contributed by atoms with Crippen LogP contribution in [-0.4, -0.2) is 37.0 Å². The topological polar surface area (TPSA) is 58.4 Å². The van der Waals surface area contributed by atoms with Gasteiger partial charge in [-0.15, -0.1) is 0 Å². The minimum absolute atomic E-state index is 0.168. The van der Waals surface area contributed by atoms with E-state index in [2.05, 4.69) is 24.1 Å². The third kappa shape index (κ3) is 4.87. The van der Waals surface area contributed by atoms with E-state index in [1.54, 1.807) is 0 Å². The zero-order chi connectivity index (χ0) is 14.3. The van der Waals surface area contributed by atoms with E-state index in [0.717, 1.165) is 32.1 Å². The average Bonchev–Trinajstić information content (AvgIpc) is 2.38. The summed E-state index contributed by atoms with van der Waals surface area (Å²) in [6, 6.07) is 3.80. The van der Waals surface area contributed by atoms with Crippen LogP contribution in [0, 0.1) is 5.82 Å². The summed E-state index contributed by atoms with van der Waals surface area (Å²) in [5, 5.41) is 2.79. The van der Waals surface area contributed by atoms with Gasteiger partial charge in [-0.2, -0.15) is 0 Å². The van der Waals surface area contributed by atoms with E-state index in [0.29, 0.717) is 12.1 Å². The third-order valence-corrected chi connectivity index (χ3v) is 3.09. The van der Waals surface area contributed by atoms with Crippen molar-refractivity contribution in [3.05, 3.63) is 29.6 Å². The van der Waals surface area contributed by atoms with E-state index >= 15 is 0 Å². The van der Waals surface area contributed by atoms with Gasteiger partial charge in [-0.3, -0.25) is 4.79 Å². The summed E-state index contributed by atoms with van der Waals surface area (Å²) in [7, 11) is 0. The molecule has 1 aromatic rings. The number of hydrogen-bond acceptors (Lipinski definition) is 3. The highest BCUT2D eigenvalue weighted by Gasteiger charge is 2.09. The van der Waals surface area contributed by atoms with Gasteiger partial charge in [-0.1, -0.05) is 13.8 Å². The standard InChI is InChI=1S/C14H22FN3O/c1-3-18(4-2)9-5-8-17-14(19)12-7-6-11(15)10-13(12)16/h6-7,10H,3-5,8-9,16H2,1-2H3,(H,17,19). The van der Waals surface area contributed by atoms with E-state index in [1.807, 2.05) is 0 Å². The quantitative estimate of drug-likeness (QED) is 0.585. The Balaban J connectivity index is 2.39. The van der Waals surface area contributed by atoms with Crippen LogP contribution in [0.15, 0.2) is 18.2 Å². The Kier molecular flexibility index (Phi) is 6.29. The molecule has 0 aliphatic rings. The molecular weight excluding hydrogens is 245 g/mol. The van der Waals surface area contributed by atoms with Crippen LogP contribution in [0.3, 0.4) is 0 Å². The lowest BCUT2D eigenvalue weighted by Gasteiger charge is -2.17. The van der Waals surface area contributed by atoms with Gasteiger partial charge >= 0.3 is 0 Å². The van der Waals surface area contributed by atoms with Crippen LogP contribution in [0.1, 0.15) is 30.6 Å². The second-order valence-electron chi connectivity index (χ2n) is 4.37. The van der Waals surface area contributed by atoms with Gasteiger partial charge in [0.05, 0.1) is 5.56 Å². The monoisotopic (exact) mass is 267 g/mol. The molecule has 0 aliphatic carbocycles. The van der Waals surface area contributed by atoms with Gasteiger partial charge in [0, 0.05) is 12.2 Å².